The second-order valence-electron chi connectivity index (χ2n) is 6.24. The van der Waals surface area contributed by atoms with Gasteiger partial charge in [-0.15, -0.1) is 0 Å². The van der Waals surface area contributed by atoms with Gasteiger partial charge in [0.25, 0.3) is 0 Å². The first-order chi connectivity index (χ1) is 8.51. The summed E-state index contributed by atoms with van der Waals surface area (Å²) in [5.74, 6) is -0.746. The molecule has 0 N–H and O–H groups in total. The molecule has 0 aliphatic carbocycles. The van der Waals surface area contributed by atoms with E-state index < -0.39 is 17.0 Å². The zero-order valence-electron chi connectivity index (χ0n) is 12.1. The van der Waals surface area contributed by atoms with Gasteiger partial charge in [-0.2, -0.15) is 0 Å². The molecule has 1 rings (SSSR count). The van der Waals surface area contributed by atoms with Crippen molar-refractivity contribution in [1.82, 2.24) is 0 Å². The van der Waals surface area contributed by atoms with Crippen LogP contribution >= 0.6 is 0 Å². The van der Waals surface area contributed by atoms with E-state index in [1.807, 2.05) is 34.6 Å². The number of rotatable bonds is 3. The van der Waals surface area contributed by atoms with Gasteiger partial charge in [-0.25, -0.2) is 0 Å². The molecule has 0 bridgehead atoms. The Labute approximate surface area is 129 Å². The molecule has 0 aromatic rings. The van der Waals surface area contributed by atoms with Gasteiger partial charge in [0, 0.05) is 0 Å². The number of nitrogens with zero attached hydrogens (tertiary/aromatic N) is 1. The predicted molar refractivity (Wildman–Crippen MR) is 72.2 cm³/mol. The number of hydrogen-bond acceptors (Lipinski definition) is 5. The first-order valence-corrected chi connectivity index (χ1v) is 8.44. The average Bonchev–Trinajstić information content (AvgIpc) is 2.17. The normalized spacial score (nSPS) is 20.6. The summed E-state index contributed by atoms with van der Waals surface area (Å²) in [7, 11) is 0. The number of carbonyl (C=O) groups excluding carboxylic acids is 2. The van der Waals surface area contributed by atoms with Crippen molar-refractivity contribution in [1.29, 1.82) is 0 Å². The predicted octanol–water partition coefficient (Wildman–Crippen LogP) is 1.24. The third-order valence-corrected chi connectivity index (χ3v) is 3.65. The van der Waals surface area contributed by atoms with Crippen molar-refractivity contribution >= 4 is 43.4 Å². The van der Waals surface area contributed by atoms with E-state index in [1.54, 1.807) is 0 Å². The van der Waals surface area contributed by atoms with E-state index in [2.05, 4.69) is 4.99 Å². The summed E-state index contributed by atoms with van der Waals surface area (Å²) in [4.78, 5) is 28.0. The SMILES string of the molecule is CC(C)(C)OC(=O)CC(C)(C)C1=N[CH]([Pb])COC1=O. The van der Waals surface area contributed by atoms with Crippen LogP contribution in [0.5, 0.6) is 0 Å². The van der Waals surface area contributed by atoms with Crippen LogP contribution in [0.3, 0.4) is 0 Å². The zero-order chi connectivity index (χ0) is 14.8. The molecule has 3 radical (unpaired) electrons. The van der Waals surface area contributed by atoms with Crippen LogP contribution in [0.15, 0.2) is 4.99 Å². The van der Waals surface area contributed by atoms with Crippen LogP contribution in [-0.2, 0) is 19.1 Å². The quantitative estimate of drug-likeness (QED) is 0.469. The van der Waals surface area contributed by atoms with Crippen LogP contribution in [0.4, 0.5) is 0 Å². The molecule has 1 heterocycles. The Morgan fingerprint density at radius 3 is 2.53 bits per heavy atom. The molecule has 0 aromatic carbocycles. The van der Waals surface area contributed by atoms with Crippen LogP contribution in [0.25, 0.3) is 0 Å². The molecule has 0 spiro atoms. The van der Waals surface area contributed by atoms with Gasteiger partial charge in [0.05, 0.1) is 0 Å². The summed E-state index contributed by atoms with van der Waals surface area (Å²) in [5.41, 5.74) is -0.838. The van der Waals surface area contributed by atoms with Gasteiger partial charge >= 0.3 is 130 Å². The fourth-order valence-corrected chi connectivity index (χ4v) is 2.57. The topological polar surface area (TPSA) is 65.0 Å². The Bertz CT molecular complexity index is 409. The summed E-state index contributed by atoms with van der Waals surface area (Å²) in [6.45, 7) is 9.44. The van der Waals surface area contributed by atoms with Gasteiger partial charge in [-0.05, 0) is 0 Å². The molecule has 1 unspecified atom stereocenters. The molecule has 0 fully saturated rings. The van der Waals surface area contributed by atoms with E-state index in [4.69, 9.17) is 9.47 Å². The van der Waals surface area contributed by atoms with Crippen molar-refractivity contribution in [2.75, 3.05) is 6.61 Å². The third-order valence-electron chi connectivity index (χ3n) is 2.50. The fraction of sp³-hybridized carbons (Fsp3) is 0.769. The van der Waals surface area contributed by atoms with Crippen molar-refractivity contribution in [2.24, 2.45) is 10.4 Å². The average molecular weight is 462 g/mol. The van der Waals surface area contributed by atoms with E-state index in [0.717, 1.165) is 25.8 Å². The minimum atomic E-state index is -0.664. The summed E-state index contributed by atoms with van der Waals surface area (Å²) in [6, 6.07) is 0. The van der Waals surface area contributed by atoms with Crippen LogP contribution in [0.2, 0.25) is 0 Å². The number of esters is 2. The molecule has 1 atom stereocenters. The molecule has 19 heavy (non-hydrogen) atoms. The Balaban J connectivity index is 2.80. The number of cyclic esters (lactones) is 1. The second kappa shape index (κ2) is 5.89. The maximum atomic E-state index is 11.9. The molecule has 0 amide bonds. The Morgan fingerprint density at radius 2 is 2.00 bits per heavy atom. The number of aliphatic imine (C=N–C) groups is 1. The van der Waals surface area contributed by atoms with Crippen molar-refractivity contribution in [2.45, 2.75) is 50.2 Å². The summed E-state index contributed by atoms with van der Waals surface area (Å²) >= 11 is 0.825. The molecule has 105 valence electrons. The summed E-state index contributed by atoms with van der Waals surface area (Å²) in [6.07, 6.45) is 0.118. The molecule has 0 saturated carbocycles. The van der Waals surface area contributed by atoms with E-state index in [0.29, 0.717) is 12.3 Å². The molecule has 5 nitrogen and oxygen atoms in total. The maximum absolute atomic E-state index is 11.9. The molecular formula is C13H20NO4Pb. The van der Waals surface area contributed by atoms with Crippen LogP contribution in [0, 0.1) is 5.41 Å². The van der Waals surface area contributed by atoms with Gasteiger partial charge in [-0.1, -0.05) is 0 Å². The minimum absolute atomic E-state index is 0.0746. The van der Waals surface area contributed by atoms with Crippen molar-refractivity contribution in [3.63, 3.8) is 0 Å². The molecule has 1 aliphatic rings. The van der Waals surface area contributed by atoms with Crippen LogP contribution in [-0.4, -0.2) is 59.2 Å². The number of ether oxygens (including phenoxy) is 2. The van der Waals surface area contributed by atoms with E-state index in [9.17, 15) is 9.59 Å². The third kappa shape index (κ3) is 5.20. The van der Waals surface area contributed by atoms with Gasteiger partial charge < -0.3 is 0 Å². The Morgan fingerprint density at radius 1 is 1.42 bits per heavy atom. The van der Waals surface area contributed by atoms with Crippen molar-refractivity contribution < 1.29 is 19.1 Å². The molecular weight excluding hydrogens is 441 g/mol. The van der Waals surface area contributed by atoms with Crippen molar-refractivity contribution in [3.8, 4) is 0 Å². The molecule has 6 heteroatoms. The first-order valence-electron chi connectivity index (χ1n) is 6.20. The summed E-state index contributed by atoms with van der Waals surface area (Å²) in [5, 5.41) is 0. The van der Waals surface area contributed by atoms with Gasteiger partial charge in [-0.3, -0.25) is 0 Å². The second-order valence-corrected chi connectivity index (χ2v) is 8.83. The van der Waals surface area contributed by atoms with E-state index in [1.165, 1.54) is 0 Å². The molecule has 0 saturated heterocycles. The Kier molecular flexibility index (Phi) is 5.14. The van der Waals surface area contributed by atoms with Gasteiger partial charge in [0.2, 0.25) is 0 Å². The van der Waals surface area contributed by atoms with Gasteiger partial charge in [0.15, 0.2) is 0 Å². The van der Waals surface area contributed by atoms with Gasteiger partial charge in [0.1, 0.15) is 0 Å². The Hall–Kier alpha value is -0.468. The zero-order valence-corrected chi connectivity index (χ0v) is 16.0. The fourth-order valence-electron chi connectivity index (χ4n) is 1.74. The summed E-state index contributed by atoms with van der Waals surface area (Å²) < 4.78 is 10.4. The van der Waals surface area contributed by atoms with E-state index in [-0.39, 0.29) is 16.0 Å². The van der Waals surface area contributed by atoms with Crippen LogP contribution < -0.4 is 0 Å². The standard InChI is InChI=1S/C13H20NO4.Pb/c1-12(2,3)18-9(15)8-13(4,5)10-11(16)17-7-6-14-10;/h6H,7-8H2,1-5H3;. The molecule has 1 aliphatic heterocycles. The molecule has 0 aromatic heterocycles. The first kappa shape index (κ1) is 16.6. The number of hydrogen-bond donors (Lipinski definition) is 0. The monoisotopic (exact) mass is 462 g/mol. The van der Waals surface area contributed by atoms with Crippen LogP contribution in [0.1, 0.15) is 41.0 Å². The van der Waals surface area contributed by atoms with Crippen molar-refractivity contribution in [3.05, 3.63) is 0 Å². The number of carbonyl (C=O) groups is 2. The van der Waals surface area contributed by atoms with E-state index >= 15 is 0 Å².